The Morgan fingerprint density at radius 3 is 2.59 bits per heavy atom. The van der Waals surface area contributed by atoms with Crippen LogP contribution in [0.3, 0.4) is 0 Å². The van der Waals surface area contributed by atoms with Crippen molar-refractivity contribution in [2.24, 2.45) is 0 Å². The second-order valence-electron chi connectivity index (χ2n) is 11.8. The van der Waals surface area contributed by atoms with Gasteiger partial charge in [0.25, 0.3) is 0 Å². The molecule has 0 radical (unpaired) electrons. The lowest BCUT2D eigenvalue weighted by molar-refractivity contribution is -0.0365. The summed E-state index contributed by atoms with van der Waals surface area (Å²) >= 11 is 0. The number of aliphatic hydroxyl groups excluding tert-OH is 1. The first-order valence-electron chi connectivity index (χ1n) is 13.8. The summed E-state index contributed by atoms with van der Waals surface area (Å²) in [4.78, 5) is 0. The molecule has 3 heterocycles. The zero-order chi connectivity index (χ0) is 28.2. The third-order valence-corrected chi connectivity index (χ3v) is 11.8. The van der Waals surface area contributed by atoms with Crippen LogP contribution in [0.15, 0.2) is 30.6 Å². The molecule has 1 N–H and O–H groups in total. The van der Waals surface area contributed by atoms with Gasteiger partial charge >= 0.3 is 0 Å². The van der Waals surface area contributed by atoms with Gasteiger partial charge in [0.05, 0.1) is 44.2 Å². The monoisotopic (exact) mass is 562 g/mol. The summed E-state index contributed by atoms with van der Waals surface area (Å²) < 4.78 is 41.4. The molecule has 3 unspecified atom stereocenters. The van der Waals surface area contributed by atoms with E-state index in [4.69, 9.17) is 23.7 Å². The maximum absolute atomic E-state index is 14.9. The highest BCUT2D eigenvalue weighted by atomic mass is 28.4. The largest absolute Gasteiger partial charge is 0.543 e. The second kappa shape index (κ2) is 12.5. The molecule has 1 aliphatic heterocycles. The number of nitrogens with zero attached hydrogens (tertiary/aromatic N) is 4. The average molecular weight is 563 g/mol. The SMILES string of the molecule is CC(O)COCCOCC(F)n1cc(-c2nn(C3CCCCO3)c3ccc(O[Si](C)(C)C(C)(C)C)cc23)cn1. The summed E-state index contributed by atoms with van der Waals surface area (Å²) in [6.45, 7) is 14.0. The van der Waals surface area contributed by atoms with Gasteiger partial charge in [0, 0.05) is 23.8 Å². The predicted molar refractivity (Wildman–Crippen MR) is 151 cm³/mol. The lowest BCUT2D eigenvalue weighted by Crippen LogP contribution is -2.43. The van der Waals surface area contributed by atoms with Crippen molar-refractivity contribution in [1.29, 1.82) is 0 Å². The van der Waals surface area contributed by atoms with E-state index in [2.05, 4.69) is 39.0 Å². The summed E-state index contributed by atoms with van der Waals surface area (Å²) in [5.74, 6) is 0.807. The van der Waals surface area contributed by atoms with Gasteiger partial charge in [-0.25, -0.2) is 13.8 Å². The number of rotatable bonds is 12. The maximum atomic E-state index is 14.9. The summed E-state index contributed by atoms with van der Waals surface area (Å²) in [5.41, 5.74) is 2.37. The Hall–Kier alpha value is -2.31. The van der Waals surface area contributed by atoms with E-state index in [0.717, 1.165) is 35.9 Å². The van der Waals surface area contributed by atoms with Crippen molar-refractivity contribution in [2.75, 3.05) is 33.0 Å². The van der Waals surface area contributed by atoms with E-state index in [-0.39, 0.29) is 37.7 Å². The van der Waals surface area contributed by atoms with E-state index in [9.17, 15) is 9.50 Å². The highest BCUT2D eigenvalue weighted by Crippen LogP contribution is 2.40. The summed E-state index contributed by atoms with van der Waals surface area (Å²) in [5, 5.41) is 19.4. The third kappa shape index (κ3) is 7.26. The van der Waals surface area contributed by atoms with Crippen molar-refractivity contribution in [1.82, 2.24) is 19.6 Å². The zero-order valence-corrected chi connectivity index (χ0v) is 25.0. The zero-order valence-electron chi connectivity index (χ0n) is 24.0. The molecule has 0 saturated carbocycles. The standard InChI is InChI=1S/C28H43FN4O5Si/c1-20(34)18-35-13-14-36-19-25(29)32-17-21(16-30-32)27-23-15-22(38-39(5,6)28(2,3)4)10-11-24(23)33(31-27)26-9-7-8-12-37-26/h10-11,15-17,20,25-26,34H,7-9,12-14,18-19H2,1-6H3. The van der Waals surface area contributed by atoms with Gasteiger partial charge in [-0.1, -0.05) is 20.8 Å². The van der Waals surface area contributed by atoms with Crippen LogP contribution >= 0.6 is 0 Å². The molecule has 9 nitrogen and oxygen atoms in total. The van der Waals surface area contributed by atoms with Gasteiger partial charge in [0.15, 0.2) is 6.23 Å². The number of benzene rings is 1. The normalized spacial score (nSPS) is 18.4. The average Bonchev–Trinajstić information content (AvgIpc) is 3.50. The van der Waals surface area contributed by atoms with E-state index in [1.165, 1.54) is 4.68 Å². The molecular formula is C28H43FN4O5Si. The summed E-state index contributed by atoms with van der Waals surface area (Å²) in [6, 6.07) is 6.09. The molecule has 4 rings (SSSR count). The number of hydrogen-bond donors (Lipinski definition) is 1. The summed E-state index contributed by atoms with van der Waals surface area (Å²) in [7, 11) is -2.05. The fraction of sp³-hybridized carbons (Fsp3) is 0.643. The van der Waals surface area contributed by atoms with Crippen molar-refractivity contribution in [2.45, 2.75) is 83.7 Å². The Balaban J connectivity index is 1.57. The van der Waals surface area contributed by atoms with E-state index in [1.54, 1.807) is 19.3 Å². The minimum absolute atomic E-state index is 0.0631. The molecule has 11 heteroatoms. The molecule has 39 heavy (non-hydrogen) atoms. The molecule has 1 fully saturated rings. The van der Waals surface area contributed by atoms with E-state index in [0.29, 0.717) is 17.9 Å². The Morgan fingerprint density at radius 2 is 1.92 bits per heavy atom. The van der Waals surface area contributed by atoms with Crippen LogP contribution in [-0.2, 0) is 14.2 Å². The highest BCUT2D eigenvalue weighted by molar-refractivity contribution is 6.74. The Kier molecular flexibility index (Phi) is 9.48. The minimum atomic E-state index is -2.05. The van der Waals surface area contributed by atoms with Crippen LogP contribution in [0.4, 0.5) is 4.39 Å². The van der Waals surface area contributed by atoms with Crippen molar-refractivity contribution >= 4 is 19.2 Å². The Labute approximate surface area is 231 Å². The smallest absolute Gasteiger partial charge is 0.250 e. The molecule has 0 bridgehead atoms. The molecule has 0 amide bonds. The van der Waals surface area contributed by atoms with Crippen molar-refractivity contribution < 1.29 is 28.1 Å². The first-order valence-corrected chi connectivity index (χ1v) is 16.7. The van der Waals surface area contributed by atoms with E-state index in [1.807, 2.05) is 22.9 Å². The van der Waals surface area contributed by atoms with Gasteiger partial charge in [0.1, 0.15) is 11.4 Å². The highest BCUT2D eigenvalue weighted by Gasteiger charge is 2.39. The molecule has 0 aliphatic carbocycles. The van der Waals surface area contributed by atoms with Crippen LogP contribution in [0.2, 0.25) is 18.1 Å². The van der Waals surface area contributed by atoms with Crippen LogP contribution in [0.25, 0.3) is 22.2 Å². The lowest BCUT2D eigenvalue weighted by atomic mass is 10.1. The Bertz CT molecular complexity index is 1220. The van der Waals surface area contributed by atoms with Crippen LogP contribution < -0.4 is 4.43 Å². The van der Waals surface area contributed by atoms with Gasteiger partial charge in [-0.2, -0.15) is 10.2 Å². The predicted octanol–water partition coefficient (Wildman–Crippen LogP) is 5.87. The number of fused-ring (bicyclic) bond motifs is 1. The third-order valence-electron chi connectivity index (χ3n) is 7.43. The molecule has 0 spiro atoms. The minimum Gasteiger partial charge on any atom is -0.543 e. The van der Waals surface area contributed by atoms with Crippen LogP contribution in [-0.4, -0.2) is 72.1 Å². The van der Waals surface area contributed by atoms with Crippen LogP contribution in [0.1, 0.15) is 59.5 Å². The summed E-state index contributed by atoms with van der Waals surface area (Å²) in [6.07, 6.45) is 4.17. The molecule has 1 aromatic carbocycles. The molecular weight excluding hydrogens is 519 g/mol. The number of alkyl halides is 1. The quantitative estimate of drug-likeness (QED) is 0.218. The number of ether oxygens (including phenoxy) is 3. The van der Waals surface area contributed by atoms with Gasteiger partial charge in [-0.15, -0.1) is 0 Å². The first-order chi connectivity index (χ1) is 18.5. The number of hydrogen-bond acceptors (Lipinski definition) is 7. The van der Waals surface area contributed by atoms with Crippen LogP contribution in [0, 0.1) is 0 Å². The molecule has 1 aliphatic rings. The lowest BCUT2D eigenvalue weighted by Gasteiger charge is -2.36. The van der Waals surface area contributed by atoms with Crippen molar-refractivity contribution in [3.63, 3.8) is 0 Å². The van der Waals surface area contributed by atoms with Gasteiger partial charge in [-0.3, -0.25) is 0 Å². The van der Waals surface area contributed by atoms with Gasteiger partial charge in [-0.05, 0) is 62.5 Å². The first kappa shape index (κ1) is 29.7. The molecule has 216 valence electrons. The fourth-order valence-corrected chi connectivity index (χ4v) is 5.25. The van der Waals surface area contributed by atoms with Crippen LogP contribution in [0.5, 0.6) is 5.75 Å². The van der Waals surface area contributed by atoms with Gasteiger partial charge < -0.3 is 23.7 Å². The Morgan fingerprint density at radius 1 is 1.18 bits per heavy atom. The number of aliphatic hydroxyl groups is 1. The molecule has 1 saturated heterocycles. The van der Waals surface area contributed by atoms with Crippen molar-refractivity contribution in [3.8, 4) is 17.0 Å². The molecule has 3 atom stereocenters. The second-order valence-corrected chi connectivity index (χ2v) is 16.5. The topological polar surface area (TPSA) is 92.8 Å². The molecule has 3 aromatic rings. The van der Waals surface area contributed by atoms with E-state index >= 15 is 0 Å². The number of halogens is 1. The van der Waals surface area contributed by atoms with E-state index < -0.39 is 20.7 Å². The fourth-order valence-electron chi connectivity index (χ4n) is 4.22. The van der Waals surface area contributed by atoms with Crippen molar-refractivity contribution in [3.05, 3.63) is 30.6 Å². The molecule has 2 aromatic heterocycles. The van der Waals surface area contributed by atoms with Gasteiger partial charge in [0.2, 0.25) is 14.6 Å². The maximum Gasteiger partial charge on any atom is 0.250 e. The number of aromatic nitrogens is 4.